The van der Waals surface area contributed by atoms with Gasteiger partial charge in [0.25, 0.3) is 0 Å². The Morgan fingerprint density at radius 1 is 0.168 bits per heavy atom. The van der Waals surface area contributed by atoms with Crippen LogP contribution in [-0.2, 0) is 171 Å². The maximum Gasteiger partial charge on any atom is 0.317 e. The molecule has 2 unspecified atom stereocenters. The molecule has 0 bridgehead atoms. The van der Waals surface area contributed by atoms with Gasteiger partial charge in [-0.25, -0.2) is 0 Å². The van der Waals surface area contributed by atoms with Crippen molar-refractivity contribution in [2.45, 2.75) is 412 Å². The Morgan fingerprint density at radius 2 is 0.336 bits per heavy atom. The van der Waals surface area contributed by atoms with Crippen LogP contribution in [-0.4, -0.2) is 263 Å². The Balaban J connectivity index is 9.95. The molecule has 0 aliphatic rings. The van der Waals surface area contributed by atoms with Gasteiger partial charge in [0.05, 0.1) is 96.5 Å². The van der Waals surface area contributed by atoms with Crippen LogP contribution in [0.25, 0.3) is 0 Å². The molecular weight excluding hydrogens is 1860 g/mol. The molecule has 0 aromatic heterocycles. The number of Topliss-reactive ketones (excluding diaryl/α,β-unsaturated/α-hetero) is 2. The molecule has 0 aliphatic carbocycles. The van der Waals surface area contributed by atoms with Crippen LogP contribution in [0.4, 0.5) is 0 Å². The van der Waals surface area contributed by atoms with E-state index >= 15 is 9.59 Å². The van der Waals surface area contributed by atoms with Crippen LogP contribution in [0.5, 0.6) is 0 Å². The van der Waals surface area contributed by atoms with Gasteiger partial charge in [0.15, 0.2) is 11.6 Å². The van der Waals surface area contributed by atoms with Crippen LogP contribution in [0.15, 0.2) is 0 Å². The van der Waals surface area contributed by atoms with Gasteiger partial charge in [0.1, 0.15) is 110 Å². The number of esters is 14. The molecule has 0 rings (SSSR count). The smallest absolute Gasteiger partial charge is 0.317 e. The Labute approximate surface area is 852 Å². The standard InChI is InChI=1S/C107H184O36/c1-23-43-82(108)106(39-17,40-18)142-78-99(64-126-84(110)45-25-3,65-127-85(111)46-26-4)58-98(21,22)140-80-103(74-136-94(120)55-35-13,62-124-60-101(68-130-88(114)49-29-7,69-131-89(115)50-30-8)70-132-90(116)51-31-9)76-138-96(122)57-97(123)139-77-104(75-137-95(121)56-36-14,63-125-61-102(71-133-91(117)52-32-10,72-134-92(118)53-33-11)73-135-93(119)54-34-12)81-141-105(37-15,38-16)59-100(66-128-86(112)47-27-5,67-129-87(113)48-28-6)79-143-107(41-19,42-20)83(109)44-24-2/h23-81H2,1-22H3. The average Bonchev–Trinajstić information content (AvgIpc) is 0.775. The molecule has 36 heteroatoms. The van der Waals surface area contributed by atoms with Gasteiger partial charge in [-0.1, -0.05) is 138 Å². The van der Waals surface area contributed by atoms with Crippen LogP contribution in [0.1, 0.15) is 390 Å². The predicted octanol–water partition coefficient (Wildman–Crippen LogP) is 17.6. The fourth-order valence-corrected chi connectivity index (χ4v) is 15.7. The number of hydrogen-bond acceptors (Lipinski definition) is 36. The van der Waals surface area contributed by atoms with Crippen molar-refractivity contribution in [3.8, 4) is 0 Å². The summed E-state index contributed by atoms with van der Waals surface area (Å²) in [6, 6.07) is 0. The second kappa shape index (κ2) is 73.7. The van der Waals surface area contributed by atoms with Crippen molar-refractivity contribution >= 4 is 95.1 Å². The molecule has 0 saturated carbocycles. The Morgan fingerprint density at radius 3 is 0.524 bits per heavy atom. The van der Waals surface area contributed by atoms with E-state index in [2.05, 4.69) is 0 Å². The highest BCUT2D eigenvalue weighted by Crippen LogP contribution is 2.43. The van der Waals surface area contributed by atoms with Gasteiger partial charge in [-0.15, -0.1) is 0 Å². The molecule has 0 heterocycles. The monoisotopic (exact) mass is 2050 g/mol. The van der Waals surface area contributed by atoms with E-state index in [4.69, 9.17) is 94.7 Å². The van der Waals surface area contributed by atoms with Crippen LogP contribution in [0.2, 0.25) is 0 Å². The fraction of sp³-hybridized carbons (Fsp3) is 0.850. The molecule has 0 aromatic rings. The molecular formula is C107H184O36. The number of carbonyl (C=O) groups is 16. The summed E-state index contributed by atoms with van der Waals surface area (Å²) in [5.41, 5.74) is -15.8. The van der Waals surface area contributed by atoms with Crippen molar-refractivity contribution < 1.29 is 171 Å². The maximum absolute atomic E-state index is 15.2. The van der Waals surface area contributed by atoms with Crippen molar-refractivity contribution in [2.75, 3.05) is 145 Å². The number of ketones is 2. The van der Waals surface area contributed by atoms with Crippen molar-refractivity contribution in [2.24, 2.45) is 32.5 Å². The molecule has 0 fully saturated rings. The van der Waals surface area contributed by atoms with E-state index in [1.54, 1.807) is 96.9 Å². The minimum absolute atomic E-state index is 0.00717. The largest absolute Gasteiger partial charge is 0.465 e. The van der Waals surface area contributed by atoms with E-state index < -0.39 is 277 Å². The number of ether oxygens (including phenoxy) is 20. The second-order valence-corrected chi connectivity index (χ2v) is 39.3. The number of carbonyl (C=O) groups excluding carboxylic acids is 16. The molecule has 0 aromatic carbocycles. The zero-order chi connectivity index (χ0) is 108. The minimum atomic E-state index is -1.92. The van der Waals surface area contributed by atoms with E-state index in [0.717, 1.165) is 0 Å². The summed E-state index contributed by atoms with van der Waals surface area (Å²) >= 11 is 0. The van der Waals surface area contributed by atoms with Gasteiger partial charge >= 0.3 is 83.6 Å². The molecule has 828 valence electrons. The van der Waals surface area contributed by atoms with Gasteiger partial charge in [-0.2, -0.15) is 0 Å². The molecule has 0 aliphatic heterocycles. The first-order valence-corrected chi connectivity index (χ1v) is 52.9. The van der Waals surface area contributed by atoms with Gasteiger partial charge in [-0.3, -0.25) is 76.7 Å². The van der Waals surface area contributed by atoms with Crippen molar-refractivity contribution in [3.63, 3.8) is 0 Å². The van der Waals surface area contributed by atoms with Gasteiger partial charge < -0.3 is 94.7 Å². The van der Waals surface area contributed by atoms with Gasteiger partial charge in [0.2, 0.25) is 0 Å². The summed E-state index contributed by atoms with van der Waals surface area (Å²) in [4.78, 5) is 222. The van der Waals surface area contributed by atoms with E-state index in [-0.39, 0.29) is 166 Å². The summed E-state index contributed by atoms with van der Waals surface area (Å²) < 4.78 is 126. The van der Waals surface area contributed by atoms with Crippen LogP contribution < -0.4 is 0 Å². The zero-order valence-corrected chi connectivity index (χ0v) is 91.4. The number of hydrogen-bond donors (Lipinski definition) is 0. The summed E-state index contributed by atoms with van der Waals surface area (Å²) in [5.74, 6) is -10.6. The molecule has 0 spiro atoms. The highest BCUT2D eigenvalue weighted by Gasteiger charge is 2.51. The average molecular weight is 2050 g/mol. The van der Waals surface area contributed by atoms with Crippen LogP contribution in [0.3, 0.4) is 0 Å². The lowest BCUT2D eigenvalue weighted by molar-refractivity contribution is -0.196. The third-order valence-corrected chi connectivity index (χ3v) is 24.7. The fourth-order valence-electron chi connectivity index (χ4n) is 15.7. The quantitative estimate of drug-likeness (QED) is 0.0310. The minimum Gasteiger partial charge on any atom is -0.465 e. The SMILES string of the molecule is CCCC(=O)OCC(COCC(COC(=O)CCC)(COC(=O)CC(=O)OCC(COCC(COC(=O)CCC)(COC(=O)CCC)COC(=O)CCC)(COC(=O)CCC)COC(CC)(CC)CC(COC(=O)CCC)(COC(=O)CCC)COC(CC)(CC)C(=O)CCC)COC(C)(C)CC(COC(=O)CCC)(COC(=O)CCC)COC(CC)(CC)C(=O)CCC)(COC(=O)CCC)COC(=O)CCC. The molecule has 36 nitrogen and oxygen atoms in total. The highest BCUT2D eigenvalue weighted by atomic mass is 16.6. The van der Waals surface area contributed by atoms with Crippen molar-refractivity contribution in [1.29, 1.82) is 0 Å². The molecule has 0 radical (unpaired) electrons. The topological polar surface area (TPSA) is 458 Å². The summed E-state index contributed by atoms with van der Waals surface area (Å²) in [6.07, 6.45) is 5.10. The first-order chi connectivity index (χ1) is 67.9. The molecule has 143 heavy (non-hydrogen) atoms. The normalized spacial score (nSPS) is 13.0. The zero-order valence-electron chi connectivity index (χ0n) is 91.4. The van der Waals surface area contributed by atoms with Crippen LogP contribution in [0, 0.1) is 32.5 Å². The van der Waals surface area contributed by atoms with Crippen molar-refractivity contribution in [3.05, 3.63) is 0 Å². The first-order valence-electron chi connectivity index (χ1n) is 52.9. The molecule has 2 atom stereocenters. The maximum atomic E-state index is 15.2. The summed E-state index contributed by atoms with van der Waals surface area (Å²) in [6.45, 7) is 26.9. The molecule has 0 amide bonds. The summed E-state index contributed by atoms with van der Waals surface area (Å²) in [7, 11) is 0. The van der Waals surface area contributed by atoms with E-state index in [1.165, 1.54) is 0 Å². The highest BCUT2D eigenvalue weighted by molar-refractivity contribution is 5.91. The Hall–Kier alpha value is -8.32. The lowest BCUT2D eigenvalue weighted by Gasteiger charge is -2.45. The van der Waals surface area contributed by atoms with Crippen LogP contribution >= 0.6 is 0 Å². The molecule has 0 N–H and O–H groups in total. The van der Waals surface area contributed by atoms with E-state index in [0.29, 0.717) is 89.9 Å². The molecule has 0 saturated heterocycles. The first kappa shape index (κ1) is 135. The predicted molar refractivity (Wildman–Crippen MR) is 530 cm³/mol. The van der Waals surface area contributed by atoms with Gasteiger partial charge in [0, 0.05) is 89.9 Å². The Kier molecular flexibility index (Phi) is 69.4. The Bertz CT molecular complexity index is 3570. The third-order valence-electron chi connectivity index (χ3n) is 24.7. The van der Waals surface area contributed by atoms with E-state index in [1.807, 2.05) is 55.4 Å². The second-order valence-electron chi connectivity index (χ2n) is 39.3. The van der Waals surface area contributed by atoms with Gasteiger partial charge in [-0.05, 0) is 155 Å². The van der Waals surface area contributed by atoms with Crippen molar-refractivity contribution in [1.82, 2.24) is 0 Å². The lowest BCUT2D eigenvalue weighted by Crippen LogP contribution is -2.52. The number of rotatable bonds is 90. The van der Waals surface area contributed by atoms with E-state index in [9.17, 15) is 67.1 Å². The lowest BCUT2D eigenvalue weighted by atomic mass is 9.75. The summed E-state index contributed by atoms with van der Waals surface area (Å²) in [5, 5.41) is 0. The third kappa shape index (κ3) is 53.7.